The van der Waals surface area contributed by atoms with Gasteiger partial charge in [0.15, 0.2) is 0 Å². The van der Waals surface area contributed by atoms with Gasteiger partial charge in [0.1, 0.15) is 5.82 Å². The molecular formula is C18H23N5O. The van der Waals surface area contributed by atoms with Gasteiger partial charge in [0.25, 0.3) is 0 Å². The Bertz CT molecular complexity index is 714. The van der Waals surface area contributed by atoms with Gasteiger partial charge in [0.2, 0.25) is 0 Å². The molecule has 6 nitrogen and oxygen atoms in total. The van der Waals surface area contributed by atoms with Crippen molar-refractivity contribution in [2.45, 2.75) is 33.4 Å². The minimum atomic E-state index is -0.217. The molecular weight excluding hydrogens is 302 g/mol. The van der Waals surface area contributed by atoms with Gasteiger partial charge in [-0.05, 0) is 30.0 Å². The number of nitrogens with zero attached hydrogens (tertiary/aromatic N) is 3. The highest BCUT2D eigenvalue weighted by Crippen LogP contribution is 2.05. The Hall–Kier alpha value is -2.81. The summed E-state index contributed by atoms with van der Waals surface area (Å²) in [7, 11) is 0. The van der Waals surface area contributed by atoms with E-state index in [1.807, 2.05) is 24.4 Å². The maximum atomic E-state index is 11.9. The Morgan fingerprint density at radius 2 is 2.21 bits per heavy atom. The molecule has 0 saturated heterocycles. The SMILES string of the molecule is CC(C)Cn1ccnc1CNC(=O)NCCc1cccc(C#N)c1. The third-order valence-corrected chi connectivity index (χ3v) is 3.53. The van der Waals surface area contributed by atoms with E-state index in [1.54, 1.807) is 12.3 Å². The van der Waals surface area contributed by atoms with Crippen LogP contribution >= 0.6 is 0 Å². The Morgan fingerprint density at radius 3 is 2.96 bits per heavy atom. The van der Waals surface area contributed by atoms with Gasteiger partial charge in [-0.25, -0.2) is 9.78 Å². The van der Waals surface area contributed by atoms with Crippen LogP contribution in [0.3, 0.4) is 0 Å². The summed E-state index contributed by atoms with van der Waals surface area (Å²) in [6, 6.07) is 9.29. The first-order valence-electron chi connectivity index (χ1n) is 8.09. The molecule has 0 spiro atoms. The number of hydrogen-bond donors (Lipinski definition) is 2. The van der Waals surface area contributed by atoms with Crippen molar-refractivity contribution in [1.29, 1.82) is 5.26 Å². The van der Waals surface area contributed by atoms with Crippen molar-refractivity contribution in [2.75, 3.05) is 6.54 Å². The van der Waals surface area contributed by atoms with E-state index in [1.165, 1.54) is 0 Å². The second kappa shape index (κ2) is 8.73. The summed E-state index contributed by atoms with van der Waals surface area (Å²) in [5, 5.41) is 14.5. The topological polar surface area (TPSA) is 82.7 Å². The summed E-state index contributed by atoms with van der Waals surface area (Å²) in [5.74, 6) is 1.37. The zero-order valence-electron chi connectivity index (χ0n) is 14.1. The third-order valence-electron chi connectivity index (χ3n) is 3.53. The lowest BCUT2D eigenvalue weighted by Gasteiger charge is -2.11. The van der Waals surface area contributed by atoms with E-state index in [2.05, 4.69) is 40.1 Å². The van der Waals surface area contributed by atoms with Crippen molar-refractivity contribution in [3.8, 4) is 6.07 Å². The molecule has 1 heterocycles. The molecule has 0 aliphatic rings. The molecule has 0 atom stereocenters. The normalized spacial score (nSPS) is 10.4. The molecule has 126 valence electrons. The smallest absolute Gasteiger partial charge is 0.315 e. The summed E-state index contributed by atoms with van der Waals surface area (Å²) < 4.78 is 2.05. The number of amides is 2. The number of nitrogens with one attached hydrogen (secondary N) is 2. The van der Waals surface area contributed by atoms with Crippen LogP contribution in [0.15, 0.2) is 36.7 Å². The molecule has 1 aromatic heterocycles. The number of carbonyl (C=O) groups excluding carboxylic acids is 1. The van der Waals surface area contributed by atoms with E-state index < -0.39 is 0 Å². The van der Waals surface area contributed by atoms with Gasteiger partial charge < -0.3 is 15.2 Å². The first-order chi connectivity index (χ1) is 11.6. The first kappa shape index (κ1) is 17.5. The molecule has 0 radical (unpaired) electrons. The predicted octanol–water partition coefficient (Wildman–Crippen LogP) is 2.45. The lowest BCUT2D eigenvalue weighted by Crippen LogP contribution is -2.36. The van der Waals surface area contributed by atoms with E-state index in [-0.39, 0.29) is 6.03 Å². The van der Waals surface area contributed by atoms with Gasteiger partial charge in [0.05, 0.1) is 18.2 Å². The quantitative estimate of drug-likeness (QED) is 0.820. The summed E-state index contributed by atoms with van der Waals surface area (Å²) in [4.78, 5) is 16.2. The molecule has 2 N–H and O–H groups in total. The number of aromatic nitrogens is 2. The number of imidazole rings is 1. The second-order valence-electron chi connectivity index (χ2n) is 6.06. The lowest BCUT2D eigenvalue weighted by atomic mass is 10.1. The fourth-order valence-corrected chi connectivity index (χ4v) is 2.41. The van der Waals surface area contributed by atoms with Crippen LogP contribution in [0, 0.1) is 17.2 Å². The van der Waals surface area contributed by atoms with Gasteiger partial charge >= 0.3 is 6.03 Å². The average Bonchev–Trinajstić information content (AvgIpc) is 2.99. The summed E-state index contributed by atoms with van der Waals surface area (Å²) >= 11 is 0. The molecule has 0 saturated carbocycles. The second-order valence-corrected chi connectivity index (χ2v) is 6.06. The van der Waals surface area contributed by atoms with Gasteiger partial charge in [-0.3, -0.25) is 0 Å². The van der Waals surface area contributed by atoms with Crippen LogP contribution in [0.25, 0.3) is 0 Å². The number of benzene rings is 1. The van der Waals surface area contributed by atoms with Gasteiger partial charge in [-0.15, -0.1) is 0 Å². The van der Waals surface area contributed by atoms with Crippen LogP contribution in [0.5, 0.6) is 0 Å². The lowest BCUT2D eigenvalue weighted by molar-refractivity contribution is 0.240. The Labute approximate surface area is 142 Å². The highest BCUT2D eigenvalue weighted by molar-refractivity contribution is 5.73. The van der Waals surface area contributed by atoms with Crippen molar-refractivity contribution in [3.05, 3.63) is 53.6 Å². The van der Waals surface area contributed by atoms with Crippen molar-refractivity contribution in [3.63, 3.8) is 0 Å². The molecule has 1 aromatic carbocycles. The molecule has 6 heteroatoms. The molecule has 0 aliphatic carbocycles. The zero-order chi connectivity index (χ0) is 17.4. The van der Waals surface area contributed by atoms with Crippen LogP contribution in [-0.4, -0.2) is 22.1 Å². The molecule has 24 heavy (non-hydrogen) atoms. The minimum Gasteiger partial charge on any atom is -0.338 e. The van der Waals surface area contributed by atoms with Crippen molar-refractivity contribution >= 4 is 6.03 Å². The maximum absolute atomic E-state index is 11.9. The van der Waals surface area contributed by atoms with E-state index in [0.29, 0.717) is 31.0 Å². The van der Waals surface area contributed by atoms with E-state index >= 15 is 0 Å². The highest BCUT2D eigenvalue weighted by atomic mass is 16.2. The fraction of sp³-hybridized carbons (Fsp3) is 0.389. The number of nitriles is 1. The van der Waals surface area contributed by atoms with Crippen molar-refractivity contribution < 1.29 is 4.79 Å². The molecule has 0 fully saturated rings. The monoisotopic (exact) mass is 325 g/mol. The van der Waals surface area contributed by atoms with Crippen LogP contribution in [0.2, 0.25) is 0 Å². The van der Waals surface area contributed by atoms with Gasteiger partial charge in [-0.2, -0.15) is 5.26 Å². The average molecular weight is 325 g/mol. The van der Waals surface area contributed by atoms with Crippen LogP contribution < -0.4 is 10.6 Å². The maximum Gasteiger partial charge on any atom is 0.315 e. The fourth-order valence-electron chi connectivity index (χ4n) is 2.41. The molecule has 0 aliphatic heterocycles. The Morgan fingerprint density at radius 1 is 1.38 bits per heavy atom. The summed E-state index contributed by atoms with van der Waals surface area (Å²) in [6.45, 7) is 6.08. The van der Waals surface area contributed by atoms with E-state index in [9.17, 15) is 4.79 Å². The minimum absolute atomic E-state index is 0.217. The van der Waals surface area contributed by atoms with Crippen molar-refractivity contribution in [1.82, 2.24) is 20.2 Å². The van der Waals surface area contributed by atoms with Crippen molar-refractivity contribution in [2.24, 2.45) is 5.92 Å². The summed E-state index contributed by atoms with van der Waals surface area (Å²) in [6.07, 6.45) is 4.36. The molecule has 2 rings (SSSR count). The third kappa shape index (κ3) is 5.43. The van der Waals surface area contributed by atoms with Crippen LogP contribution in [-0.2, 0) is 19.5 Å². The van der Waals surface area contributed by atoms with Gasteiger partial charge in [0, 0.05) is 25.5 Å². The standard InChI is InChI=1S/C18H23N5O/c1-14(2)13-23-9-8-20-17(23)12-22-18(24)21-7-6-15-4-3-5-16(10-15)11-19/h3-5,8-10,14H,6-7,12-13H2,1-2H3,(H2,21,22,24). The van der Waals surface area contributed by atoms with E-state index in [0.717, 1.165) is 17.9 Å². The molecule has 0 unspecified atom stereocenters. The Kier molecular flexibility index (Phi) is 6.38. The van der Waals surface area contributed by atoms with E-state index in [4.69, 9.17) is 5.26 Å². The van der Waals surface area contributed by atoms with Crippen LogP contribution in [0.1, 0.15) is 30.8 Å². The Balaban J connectivity index is 1.74. The molecule has 0 bridgehead atoms. The number of urea groups is 1. The number of carbonyl (C=O) groups is 1. The zero-order valence-corrected chi connectivity index (χ0v) is 14.1. The number of hydrogen-bond acceptors (Lipinski definition) is 3. The molecule has 2 aromatic rings. The first-order valence-corrected chi connectivity index (χ1v) is 8.09. The summed E-state index contributed by atoms with van der Waals surface area (Å²) in [5.41, 5.74) is 1.66. The largest absolute Gasteiger partial charge is 0.338 e. The number of rotatable bonds is 7. The predicted molar refractivity (Wildman–Crippen MR) is 92.2 cm³/mol. The van der Waals surface area contributed by atoms with Gasteiger partial charge in [-0.1, -0.05) is 26.0 Å². The van der Waals surface area contributed by atoms with Crippen LogP contribution in [0.4, 0.5) is 4.79 Å². The highest BCUT2D eigenvalue weighted by Gasteiger charge is 2.06. The molecule has 2 amide bonds.